The minimum absolute atomic E-state index is 0.714. The minimum atomic E-state index is 0.714. The van der Waals surface area contributed by atoms with E-state index < -0.39 is 0 Å². The normalized spacial score (nSPS) is 10.9. The summed E-state index contributed by atoms with van der Waals surface area (Å²) >= 11 is 0. The smallest absolute Gasteiger partial charge is 0.182 e. The van der Waals surface area contributed by atoms with Crippen LogP contribution in [0.15, 0.2) is 18.2 Å². The molecule has 0 saturated carbocycles. The Hall–Kier alpha value is -1.95. The molecule has 0 saturated heterocycles. The lowest BCUT2D eigenvalue weighted by Crippen LogP contribution is -2.07. The van der Waals surface area contributed by atoms with Crippen LogP contribution in [0.5, 0.6) is 0 Å². The molecule has 2 aromatic rings. The van der Waals surface area contributed by atoms with Crippen molar-refractivity contribution in [2.75, 3.05) is 18.9 Å². The number of nitrogen functional groups attached to an aromatic ring is 1. The lowest BCUT2D eigenvalue weighted by atomic mass is 10.1. The van der Waals surface area contributed by atoms with E-state index >= 15 is 0 Å². The van der Waals surface area contributed by atoms with Crippen molar-refractivity contribution in [2.24, 2.45) is 0 Å². The number of aromatic nitrogens is 4. The van der Waals surface area contributed by atoms with Gasteiger partial charge in [-0.3, -0.25) is 0 Å². The molecule has 2 N–H and O–H groups in total. The Kier molecular flexibility index (Phi) is 5.06. The molecule has 20 heavy (non-hydrogen) atoms. The van der Waals surface area contributed by atoms with E-state index in [-0.39, 0.29) is 0 Å². The summed E-state index contributed by atoms with van der Waals surface area (Å²) in [4.78, 5) is 0. The van der Waals surface area contributed by atoms with E-state index in [9.17, 15) is 0 Å². The highest BCUT2D eigenvalue weighted by Crippen LogP contribution is 2.23. The third kappa shape index (κ3) is 3.54. The lowest BCUT2D eigenvalue weighted by molar-refractivity contribution is 0.128. The van der Waals surface area contributed by atoms with Gasteiger partial charge in [0.05, 0.1) is 0 Å². The van der Waals surface area contributed by atoms with Crippen LogP contribution in [0.4, 0.5) is 5.69 Å². The molecule has 2 rings (SSSR count). The maximum Gasteiger partial charge on any atom is 0.182 e. The number of rotatable bonds is 7. The summed E-state index contributed by atoms with van der Waals surface area (Å²) in [5.74, 6) is 0.755. The highest BCUT2D eigenvalue weighted by Gasteiger charge is 2.11. The molecule has 0 fully saturated rings. The number of hydrogen-bond donors (Lipinski definition) is 1. The summed E-state index contributed by atoms with van der Waals surface area (Å²) in [6.45, 7) is 6.39. The van der Waals surface area contributed by atoms with Gasteiger partial charge in [0.2, 0.25) is 0 Å². The second-order valence-electron chi connectivity index (χ2n) is 4.77. The fraction of sp³-hybridized carbons (Fsp3) is 0.500. The van der Waals surface area contributed by atoms with Gasteiger partial charge in [-0.1, -0.05) is 13.0 Å². The molecule has 108 valence electrons. The van der Waals surface area contributed by atoms with Gasteiger partial charge in [0.15, 0.2) is 5.82 Å². The van der Waals surface area contributed by atoms with Gasteiger partial charge >= 0.3 is 0 Å². The predicted molar refractivity (Wildman–Crippen MR) is 78.1 cm³/mol. The highest BCUT2D eigenvalue weighted by atomic mass is 16.5. The van der Waals surface area contributed by atoms with Gasteiger partial charge in [-0.05, 0) is 47.9 Å². The van der Waals surface area contributed by atoms with E-state index in [0.29, 0.717) is 5.69 Å². The molecule has 0 amide bonds. The van der Waals surface area contributed by atoms with Crippen LogP contribution in [0.3, 0.4) is 0 Å². The summed E-state index contributed by atoms with van der Waals surface area (Å²) in [6, 6.07) is 5.77. The van der Waals surface area contributed by atoms with E-state index in [1.807, 2.05) is 25.1 Å². The maximum absolute atomic E-state index is 5.84. The van der Waals surface area contributed by atoms with Crippen molar-refractivity contribution in [3.05, 3.63) is 23.8 Å². The van der Waals surface area contributed by atoms with Crippen LogP contribution in [-0.4, -0.2) is 33.4 Å². The van der Waals surface area contributed by atoms with Crippen LogP contribution < -0.4 is 5.73 Å². The third-order valence-electron chi connectivity index (χ3n) is 3.04. The van der Waals surface area contributed by atoms with E-state index in [1.165, 1.54) is 0 Å². The van der Waals surface area contributed by atoms with Crippen LogP contribution in [-0.2, 0) is 11.3 Å². The SMILES string of the molecule is CCCOCCCn1nnnc1-c1cc(N)ccc1C. The Morgan fingerprint density at radius 2 is 2.15 bits per heavy atom. The van der Waals surface area contributed by atoms with Crippen molar-refractivity contribution in [2.45, 2.75) is 33.2 Å². The fourth-order valence-corrected chi connectivity index (χ4v) is 1.99. The van der Waals surface area contributed by atoms with Crippen LogP contribution in [0.1, 0.15) is 25.3 Å². The summed E-state index contributed by atoms with van der Waals surface area (Å²) in [6.07, 6.45) is 1.93. The second-order valence-corrected chi connectivity index (χ2v) is 4.77. The molecule has 0 unspecified atom stereocenters. The molecule has 6 nitrogen and oxygen atoms in total. The van der Waals surface area contributed by atoms with Gasteiger partial charge < -0.3 is 10.5 Å². The molecule has 1 heterocycles. The number of nitrogens with zero attached hydrogens (tertiary/aromatic N) is 4. The first-order chi connectivity index (χ1) is 9.72. The Morgan fingerprint density at radius 3 is 2.95 bits per heavy atom. The second kappa shape index (κ2) is 7.00. The van der Waals surface area contributed by atoms with Gasteiger partial charge in [-0.15, -0.1) is 5.10 Å². The van der Waals surface area contributed by atoms with E-state index in [1.54, 1.807) is 4.68 Å². The topological polar surface area (TPSA) is 78.8 Å². The van der Waals surface area contributed by atoms with Gasteiger partial charge in [0.25, 0.3) is 0 Å². The zero-order valence-electron chi connectivity index (χ0n) is 12.0. The molecule has 1 aromatic heterocycles. The fourth-order valence-electron chi connectivity index (χ4n) is 1.99. The molecule has 6 heteroatoms. The average Bonchev–Trinajstić information content (AvgIpc) is 2.89. The van der Waals surface area contributed by atoms with Gasteiger partial charge in [-0.25, -0.2) is 4.68 Å². The predicted octanol–water partition coefficient (Wildman–Crippen LogP) is 2.05. The van der Waals surface area contributed by atoms with E-state index in [4.69, 9.17) is 10.5 Å². The first-order valence-corrected chi connectivity index (χ1v) is 6.92. The van der Waals surface area contributed by atoms with Crippen molar-refractivity contribution in [3.63, 3.8) is 0 Å². The van der Waals surface area contributed by atoms with Gasteiger partial charge in [-0.2, -0.15) is 0 Å². The highest BCUT2D eigenvalue weighted by molar-refractivity contribution is 5.65. The Bertz CT molecular complexity index is 552. The molecular formula is C14H21N5O. The van der Waals surface area contributed by atoms with Gasteiger partial charge in [0.1, 0.15) is 0 Å². The van der Waals surface area contributed by atoms with Crippen LogP contribution in [0, 0.1) is 6.92 Å². The average molecular weight is 275 g/mol. The third-order valence-corrected chi connectivity index (χ3v) is 3.04. The van der Waals surface area contributed by atoms with Crippen molar-refractivity contribution in [3.8, 4) is 11.4 Å². The van der Waals surface area contributed by atoms with Crippen LogP contribution >= 0.6 is 0 Å². The largest absolute Gasteiger partial charge is 0.399 e. The Balaban J connectivity index is 2.06. The number of benzene rings is 1. The molecule has 0 spiro atoms. The molecule has 0 aliphatic heterocycles. The van der Waals surface area contributed by atoms with E-state index in [0.717, 1.165) is 49.6 Å². The summed E-state index contributed by atoms with van der Waals surface area (Å²) in [7, 11) is 0. The zero-order valence-corrected chi connectivity index (χ0v) is 12.0. The van der Waals surface area contributed by atoms with Crippen LogP contribution in [0.25, 0.3) is 11.4 Å². The first kappa shape index (κ1) is 14.5. The lowest BCUT2D eigenvalue weighted by Gasteiger charge is -2.08. The summed E-state index contributed by atoms with van der Waals surface area (Å²) < 4.78 is 7.27. The number of ether oxygens (including phenoxy) is 1. The van der Waals surface area contributed by atoms with E-state index in [2.05, 4.69) is 22.4 Å². The quantitative estimate of drug-likeness (QED) is 0.618. The molecule has 0 radical (unpaired) electrons. The Labute approximate surface area is 118 Å². The number of nitrogens with two attached hydrogens (primary N) is 1. The molecule has 0 aliphatic rings. The molecule has 1 aromatic carbocycles. The molecular weight excluding hydrogens is 254 g/mol. The standard InChI is InChI=1S/C14H21N5O/c1-3-8-20-9-4-7-19-14(16-17-18-19)13-10-12(15)6-5-11(13)2/h5-6,10H,3-4,7-9,15H2,1-2H3. The number of hydrogen-bond acceptors (Lipinski definition) is 5. The number of aryl methyl sites for hydroxylation is 2. The van der Waals surface area contributed by atoms with Crippen molar-refractivity contribution in [1.29, 1.82) is 0 Å². The monoisotopic (exact) mass is 275 g/mol. The number of tetrazole rings is 1. The molecule has 0 bridgehead atoms. The van der Waals surface area contributed by atoms with Crippen molar-refractivity contribution in [1.82, 2.24) is 20.2 Å². The summed E-state index contributed by atoms with van der Waals surface area (Å²) in [5, 5.41) is 11.9. The van der Waals surface area contributed by atoms with Crippen LogP contribution in [0.2, 0.25) is 0 Å². The van der Waals surface area contributed by atoms with Crippen molar-refractivity contribution < 1.29 is 4.74 Å². The maximum atomic E-state index is 5.84. The van der Waals surface area contributed by atoms with Crippen molar-refractivity contribution >= 4 is 5.69 Å². The minimum Gasteiger partial charge on any atom is -0.399 e. The number of anilines is 1. The molecule has 0 aliphatic carbocycles. The Morgan fingerprint density at radius 1 is 1.30 bits per heavy atom. The zero-order chi connectivity index (χ0) is 14.4. The summed E-state index contributed by atoms with van der Waals surface area (Å²) in [5.41, 5.74) is 8.64. The van der Waals surface area contributed by atoms with Gasteiger partial charge in [0, 0.05) is 31.0 Å². The first-order valence-electron chi connectivity index (χ1n) is 6.92. The molecule has 0 atom stereocenters.